The number of nitro groups is 1. The van der Waals surface area contributed by atoms with Crippen molar-refractivity contribution in [2.75, 3.05) is 25.5 Å². The lowest BCUT2D eigenvalue weighted by molar-refractivity contribution is -0.384. The van der Waals surface area contributed by atoms with Crippen LogP contribution in [0, 0.1) is 10.1 Å². The van der Waals surface area contributed by atoms with Crippen molar-refractivity contribution in [3.8, 4) is 5.75 Å². The number of hydrogen-bond donors (Lipinski definition) is 2. The van der Waals surface area contributed by atoms with Crippen molar-refractivity contribution in [2.24, 2.45) is 0 Å². The summed E-state index contributed by atoms with van der Waals surface area (Å²) in [6.45, 7) is 1.32. The standard InChI is InChI=1S/C12H15N3O6/c1-3-14(7-11(16)17)12(18)13-9-6-8(15(19)20)4-5-10(9)21-2/h4-6H,3,7H2,1-2H3,(H,13,18)(H,16,17). The molecular formula is C12H15N3O6. The van der Waals surface area contributed by atoms with E-state index in [2.05, 4.69) is 5.32 Å². The third-order valence-corrected chi connectivity index (χ3v) is 2.63. The molecule has 1 rings (SSSR count). The molecule has 9 nitrogen and oxygen atoms in total. The van der Waals surface area contributed by atoms with Crippen molar-refractivity contribution in [3.05, 3.63) is 28.3 Å². The highest BCUT2D eigenvalue weighted by Gasteiger charge is 2.18. The topological polar surface area (TPSA) is 122 Å². The fourth-order valence-electron chi connectivity index (χ4n) is 1.59. The number of hydrogen-bond acceptors (Lipinski definition) is 5. The number of nitrogens with zero attached hydrogens (tertiary/aromatic N) is 2. The lowest BCUT2D eigenvalue weighted by Gasteiger charge is -2.19. The first-order valence-electron chi connectivity index (χ1n) is 5.99. The number of urea groups is 1. The van der Waals surface area contributed by atoms with Gasteiger partial charge in [-0.25, -0.2) is 4.79 Å². The van der Waals surface area contributed by atoms with E-state index in [9.17, 15) is 19.7 Å². The predicted molar refractivity (Wildman–Crippen MR) is 73.5 cm³/mol. The van der Waals surface area contributed by atoms with E-state index in [1.54, 1.807) is 6.92 Å². The second-order valence-electron chi connectivity index (χ2n) is 3.98. The number of carboxylic acids is 1. The minimum absolute atomic E-state index is 0.0977. The third-order valence-electron chi connectivity index (χ3n) is 2.63. The number of anilines is 1. The van der Waals surface area contributed by atoms with E-state index in [1.165, 1.54) is 19.2 Å². The van der Waals surface area contributed by atoms with Gasteiger partial charge in [-0.05, 0) is 13.0 Å². The summed E-state index contributed by atoms with van der Waals surface area (Å²) in [5.74, 6) is -0.918. The Bertz CT molecular complexity index is 560. The minimum atomic E-state index is -1.15. The summed E-state index contributed by atoms with van der Waals surface area (Å²) in [6, 6.07) is 3.05. The normalized spacial score (nSPS) is 9.81. The molecule has 0 heterocycles. The zero-order chi connectivity index (χ0) is 16.0. The van der Waals surface area contributed by atoms with Gasteiger partial charge in [-0.15, -0.1) is 0 Å². The number of non-ortho nitro benzene ring substituents is 1. The molecule has 0 radical (unpaired) electrons. The molecule has 0 bridgehead atoms. The zero-order valence-corrected chi connectivity index (χ0v) is 11.5. The zero-order valence-electron chi connectivity index (χ0n) is 11.5. The molecule has 1 aromatic rings. The Labute approximate surface area is 120 Å². The number of benzene rings is 1. The molecule has 0 aliphatic heterocycles. The number of methoxy groups -OCH3 is 1. The Balaban J connectivity index is 2.99. The average molecular weight is 297 g/mol. The van der Waals surface area contributed by atoms with E-state index in [-0.39, 0.29) is 23.7 Å². The minimum Gasteiger partial charge on any atom is -0.495 e. The predicted octanol–water partition coefficient (Wildman–Crippen LogP) is 1.54. The summed E-state index contributed by atoms with van der Waals surface area (Å²) >= 11 is 0. The summed E-state index contributed by atoms with van der Waals surface area (Å²) in [5.41, 5.74) is -0.118. The van der Waals surface area contributed by atoms with Gasteiger partial charge in [-0.2, -0.15) is 0 Å². The molecule has 0 atom stereocenters. The summed E-state index contributed by atoms with van der Waals surface area (Å²) in [5, 5.41) is 21.9. The first-order chi connectivity index (χ1) is 9.88. The number of nitrogens with one attached hydrogen (secondary N) is 1. The molecule has 0 aromatic heterocycles. The van der Waals surface area contributed by atoms with Gasteiger partial charge in [0.2, 0.25) is 0 Å². The molecule has 0 unspecified atom stereocenters. The second-order valence-corrected chi connectivity index (χ2v) is 3.98. The Morgan fingerprint density at radius 2 is 2.14 bits per heavy atom. The number of carboxylic acid groups (broad SMARTS) is 1. The molecule has 2 amide bonds. The fourth-order valence-corrected chi connectivity index (χ4v) is 1.59. The van der Waals surface area contributed by atoms with Gasteiger partial charge < -0.3 is 20.1 Å². The van der Waals surface area contributed by atoms with Crippen molar-refractivity contribution in [1.82, 2.24) is 4.90 Å². The van der Waals surface area contributed by atoms with E-state index in [0.717, 1.165) is 11.0 Å². The molecule has 0 aliphatic rings. The van der Waals surface area contributed by atoms with Crippen molar-refractivity contribution in [2.45, 2.75) is 6.92 Å². The second kappa shape index (κ2) is 7.08. The summed E-state index contributed by atoms with van der Waals surface area (Å²) < 4.78 is 5.00. The van der Waals surface area contributed by atoms with E-state index < -0.39 is 23.5 Å². The van der Waals surface area contributed by atoms with Crippen LogP contribution < -0.4 is 10.1 Å². The number of rotatable bonds is 6. The first-order valence-corrected chi connectivity index (χ1v) is 5.99. The van der Waals surface area contributed by atoms with Crippen LogP contribution in [0.15, 0.2) is 18.2 Å². The molecular weight excluding hydrogens is 282 g/mol. The van der Waals surface area contributed by atoms with Crippen LogP contribution in [0.3, 0.4) is 0 Å². The quantitative estimate of drug-likeness (QED) is 0.606. The Morgan fingerprint density at radius 3 is 2.62 bits per heavy atom. The Morgan fingerprint density at radius 1 is 1.48 bits per heavy atom. The van der Waals surface area contributed by atoms with Gasteiger partial charge in [0.15, 0.2) is 0 Å². The largest absolute Gasteiger partial charge is 0.495 e. The van der Waals surface area contributed by atoms with Crippen LogP contribution in [0.5, 0.6) is 5.75 Å². The number of amides is 2. The van der Waals surface area contributed by atoms with E-state index in [1.807, 2.05) is 0 Å². The molecule has 0 saturated heterocycles. The van der Waals surface area contributed by atoms with Crippen molar-refractivity contribution >= 4 is 23.4 Å². The summed E-state index contributed by atoms with van der Waals surface area (Å²) in [6.07, 6.45) is 0. The molecule has 1 aromatic carbocycles. The molecule has 2 N–H and O–H groups in total. The van der Waals surface area contributed by atoms with Gasteiger partial charge in [-0.1, -0.05) is 0 Å². The highest BCUT2D eigenvalue weighted by Crippen LogP contribution is 2.29. The maximum absolute atomic E-state index is 12.0. The first kappa shape index (κ1) is 16.2. The van der Waals surface area contributed by atoms with Crippen LogP contribution in [0.1, 0.15) is 6.92 Å². The smallest absolute Gasteiger partial charge is 0.323 e. The van der Waals surface area contributed by atoms with E-state index in [0.29, 0.717) is 0 Å². The van der Waals surface area contributed by atoms with Gasteiger partial charge in [0.05, 0.1) is 17.7 Å². The van der Waals surface area contributed by atoms with Crippen LogP contribution in [-0.2, 0) is 4.79 Å². The number of carbonyl (C=O) groups excluding carboxylic acids is 1. The van der Waals surface area contributed by atoms with Gasteiger partial charge in [0, 0.05) is 18.7 Å². The lowest BCUT2D eigenvalue weighted by atomic mass is 10.2. The fraction of sp³-hybridized carbons (Fsp3) is 0.333. The molecule has 0 fully saturated rings. The number of aliphatic carboxylic acids is 1. The molecule has 114 valence electrons. The number of nitro benzene ring substituents is 1. The molecule has 0 saturated carbocycles. The molecule has 9 heteroatoms. The monoisotopic (exact) mass is 297 g/mol. The summed E-state index contributed by atoms with van der Waals surface area (Å²) in [7, 11) is 1.35. The Kier molecular flexibility index (Phi) is 5.47. The van der Waals surface area contributed by atoms with Crippen LogP contribution in [0.2, 0.25) is 0 Å². The van der Waals surface area contributed by atoms with Crippen LogP contribution in [0.25, 0.3) is 0 Å². The number of carbonyl (C=O) groups is 2. The SMILES string of the molecule is CCN(CC(=O)O)C(=O)Nc1cc([N+](=O)[O-])ccc1OC. The Hall–Kier alpha value is -2.84. The summed E-state index contributed by atoms with van der Waals surface area (Å²) in [4.78, 5) is 33.8. The lowest BCUT2D eigenvalue weighted by Crippen LogP contribution is -2.38. The maximum atomic E-state index is 12.0. The van der Waals surface area contributed by atoms with E-state index >= 15 is 0 Å². The van der Waals surface area contributed by atoms with Crippen molar-refractivity contribution in [1.29, 1.82) is 0 Å². The van der Waals surface area contributed by atoms with Gasteiger partial charge >= 0.3 is 12.0 Å². The molecule has 0 spiro atoms. The van der Waals surface area contributed by atoms with Crippen LogP contribution in [-0.4, -0.2) is 47.1 Å². The molecule has 21 heavy (non-hydrogen) atoms. The van der Waals surface area contributed by atoms with Crippen LogP contribution in [0.4, 0.5) is 16.2 Å². The maximum Gasteiger partial charge on any atom is 0.323 e. The van der Waals surface area contributed by atoms with E-state index in [4.69, 9.17) is 9.84 Å². The van der Waals surface area contributed by atoms with Crippen LogP contribution >= 0.6 is 0 Å². The highest BCUT2D eigenvalue weighted by molar-refractivity contribution is 5.93. The number of ether oxygens (including phenoxy) is 1. The van der Waals surface area contributed by atoms with Gasteiger partial charge in [0.1, 0.15) is 12.3 Å². The van der Waals surface area contributed by atoms with Crippen molar-refractivity contribution in [3.63, 3.8) is 0 Å². The van der Waals surface area contributed by atoms with Crippen molar-refractivity contribution < 1.29 is 24.4 Å². The van der Waals surface area contributed by atoms with Gasteiger partial charge in [-0.3, -0.25) is 14.9 Å². The third kappa shape index (κ3) is 4.34. The number of likely N-dealkylation sites (N-methyl/N-ethyl adjacent to an activating group) is 1. The average Bonchev–Trinajstić information content (AvgIpc) is 2.44. The highest BCUT2D eigenvalue weighted by atomic mass is 16.6. The van der Waals surface area contributed by atoms with Gasteiger partial charge in [0.25, 0.3) is 5.69 Å². The molecule has 0 aliphatic carbocycles.